The van der Waals surface area contributed by atoms with E-state index in [9.17, 15) is 8.42 Å². The van der Waals surface area contributed by atoms with Crippen molar-refractivity contribution in [3.8, 4) is 0 Å². The Morgan fingerprint density at radius 1 is 1.23 bits per heavy atom. The normalized spacial score (nSPS) is 16.9. The highest BCUT2D eigenvalue weighted by Gasteiger charge is 2.33. The van der Waals surface area contributed by atoms with E-state index in [-0.39, 0.29) is 21.6 Å². The van der Waals surface area contributed by atoms with Crippen molar-refractivity contribution in [1.29, 1.82) is 0 Å². The topological polar surface area (TPSA) is 140 Å². The van der Waals surface area contributed by atoms with Crippen LogP contribution < -0.4 is 21.3 Å². The summed E-state index contributed by atoms with van der Waals surface area (Å²) in [5.74, 6) is 0.844. The van der Waals surface area contributed by atoms with Crippen LogP contribution in [0.2, 0.25) is 5.02 Å². The molecule has 0 radical (unpaired) electrons. The molecule has 1 aromatic heterocycles. The molecular formula is C18H24ClN7O2S2. The molecule has 0 saturated carbocycles. The lowest BCUT2D eigenvalue weighted by Crippen LogP contribution is -2.46. The molecule has 0 bridgehead atoms. The summed E-state index contributed by atoms with van der Waals surface area (Å²) in [4.78, 5) is 13.5. The van der Waals surface area contributed by atoms with Crippen LogP contribution in [0.25, 0.3) is 0 Å². The molecule has 5 N–H and O–H groups in total. The lowest BCUT2D eigenvalue weighted by Gasteiger charge is -2.31. The third-order valence-corrected chi connectivity index (χ3v) is 7.13. The molecule has 30 heavy (non-hydrogen) atoms. The van der Waals surface area contributed by atoms with Crippen LogP contribution in [0, 0.1) is 6.92 Å². The minimum Gasteiger partial charge on any atom is -0.368 e. The van der Waals surface area contributed by atoms with E-state index in [1.165, 1.54) is 17.8 Å². The number of nitrogens with zero attached hydrogens (tertiary/aromatic N) is 4. The van der Waals surface area contributed by atoms with Crippen LogP contribution in [0.15, 0.2) is 33.7 Å². The number of nitrogen functional groups attached to an aromatic ring is 1. The van der Waals surface area contributed by atoms with Gasteiger partial charge in [-0.1, -0.05) is 11.6 Å². The molecule has 0 spiro atoms. The molecule has 162 valence electrons. The predicted octanol–water partition coefficient (Wildman–Crippen LogP) is 2.92. The van der Waals surface area contributed by atoms with E-state index in [1.807, 2.05) is 27.7 Å². The van der Waals surface area contributed by atoms with Gasteiger partial charge in [0.2, 0.25) is 21.9 Å². The van der Waals surface area contributed by atoms with E-state index < -0.39 is 10.0 Å². The Bertz CT molecular complexity index is 1140. The van der Waals surface area contributed by atoms with Crippen molar-refractivity contribution in [1.82, 2.24) is 20.4 Å². The summed E-state index contributed by atoms with van der Waals surface area (Å²) in [5, 5.41) is 7.29. The van der Waals surface area contributed by atoms with Gasteiger partial charge in [-0.3, -0.25) is 5.43 Å². The molecule has 0 aliphatic carbocycles. The molecule has 1 aliphatic heterocycles. The second kappa shape index (κ2) is 7.88. The van der Waals surface area contributed by atoms with Crippen LogP contribution in [0.4, 0.5) is 11.9 Å². The highest BCUT2D eigenvalue weighted by atomic mass is 35.5. The number of sulfonamides is 1. The van der Waals surface area contributed by atoms with E-state index >= 15 is 0 Å². The van der Waals surface area contributed by atoms with Gasteiger partial charge in [-0.15, -0.1) is 11.8 Å². The average Bonchev–Trinajstić information content (AvgIpc) is 2.88. The summed E-state index contributed by atoms with van der Waals surface area (Å²) in [6.07, 6.45) is 2.05. The molecule has 0 fully saturated rings. The summed E-state index contributed by atoms with van der Waals surface area (Å²) in [6.45, 7) is 9.54. The molecule has 1 atom stereocenters. The van der Waals surface area contributed by atoms with Crippen LogP contribution in [0.3, 0.4) is 0 Å². The smallest absolute Gasteiger partial charge is 0.250 e. The minimum absolute atomic E-state index is 0.00525. The molecular weight excluding hydrogens is 446 g/mol. The van der Waals surface area contributed by atoms with E-state index in [0.717, 1.165) is 5.70 Å². The Balaban J connectivity index is 1.97. The van der Waals surface area contributed by atoms with E-state index in [4.69, 9.17) is 22.5 Å². The lowest BCUT2D eigenvalue weighted by atomic mass is 10.1. The average molecular weight is 470 g/mol. The molecule has 0 amide bonds. The standard InChI is InChI=1S/C18H24ClN7O2S2/c1-9-6-14(30(21,27)28)13(7-12(9)19)29-11(3)15-22-16(20)24-17(23-15)26-18(4,5)8-10(2)25-26/h6-8,11,25H,1-5H3,(H2,21,27,28)(H2,20,22,23,24). The third-order valence-electron chi connectivity index (χ3n) is 4.49. The van der Waals surface area contributed by atoms with Gasteiger partial charge < -0.3 is 5.73 Å². The number of halogens is 1. The first-order valence-corrected chi connectivity index (χ1v) is 11.9. The predicted molar refractivity (Wildman–Crippen MR) is 120 cm³/mol. The molecule has 0 saturated heterocycles. The monoisotopic (exact) mass is 469 g/mol. The highest BCUT2D eigenvalue weighted by molar-refractivity contribution is 8.00. The first kappa shape index (κ1) is 22.6. The van der Waals surface area contributed by atoms with Crippen molar-refractivity contribution in [3.63, 3.8) is 0 Å². The van der Waals surface area contributed by atoms with Crippen LogP contribution in [-0.2, 0) is 10.0 Å². The number of nitrogens with one attached hydrogen (secondary N) is 1. The first-order chi connectivity index (χ1) is 13.8. The van der Waals surface area contributed by atoms with Gasteiger partial charge in [0.1, 0.15) is 5.82 Å². The van der Waals surface area contributed by atoms with E-state index in [1.54, 1.807) is 18.0 Å². The number of benzene rings is 1. The number of anilines is 2. The Morgan fingerprint density at radius 2 is 1.90 bits per heavy atom. The van der Waals surface area contributed by atoms with Crippen molar-refractivity contribution in [2.45, 2.75) is 55.2 Å². The zero-order chi connectivity index (χ0) is 22.4. The minimum atomic E-state index is -3.93. The number of aromatic nitrogens is 3. The largest absolute Gasteiger partial charge is 0.368 e. The fourth-order valence-corrected chi connectivity index (χ4v) is 5.48. The van der Waals surface area contributed by atoms with Crippen molar-refractivity contribution >= 4 is 45.3 Å². The zero-order valence-electron chi connectivity index (χ0n) is 17.3. The first-order valence-electron chi connectivity index (χ1n) is 9.05. The number of hydrogen-bond donors (Lipinski definition) is 3. The Morgan fingerprint density at radius 3 is 2.47 bits per heavy atom. The molecule has 9 nitrogen and oxygen atoms in total. The number of aryl methyl sites for hydroxylation is 1. The lowest BCUT2D eigenvalue weighted by molar-refractivity contribution is 0.542. The van der Waals surface area contributed by atoms with Gasteiger partial charge >= 0.3 is 0 Å². The Hall–Kier alpha value is -2.08. The molecule has 12 heteroatoms. The number of nitrogens with two attached hydrogens (primary N) is 2. The molecule has 1 aromatic carbocycles. The molecule has 2 aromatic rings. The number of hydrogen-bond acceptors (Lipinski definition) is 9. The van der Waals surface area contributed by atoms with E-state index in [0.29, 0.717) is 27.3 Å². The SMILES string of the molecule is CC1=CC(C)(C)N(c2nc(N)nc(C(C)Sc3cc(Cl)c(C)cc3S(N)(=O)=O)n2)N1. The van der Waals surface area contributed by atoms with Crippen LogP contribution in [-0.4, -0.2) is 28.9 Å². The van der Waals surface area contributed by atoms with Gasteiger partial charge in [-0.2, -0.15) is 15.0 Å². The Labute approximate surface area is 185 Å². The maximum Gasteiger partial charge on any atom is 0.250 e. The number of rotatable bonds is 5. The quantitative estimate of drug-likeness (QED) is 0.563. The fraction of sp³-hybridized carbons (Fsp3) is 0.389. The van der Waals surface area contributed by atoms with Crippen LogP contribution >= 0.6 is 23.4 Å². The third kappa shape index (κ3) is 4.64. The fourth-order valence-electron chi connectivity index (χ4n) is 3.13. The number of primary sulfonamides is 1. The van der Waals surface area contributed by atoms with Crippen molar-refractivity contribution < 1.29 is 8.42 Å². The van der Waals surface area contributed by atoms with Gasteiger partial charge in [0.25, 0.3) is 0 Å². The van der Waals surface area contributed by atoms with Gasteiger partial charge in [0, 0.05) is 15.6 Å². The van der Waals surface area contributed by atoms with Crippen LogP contribution in [0.1, 0.15) is 44.3 Å². The second-order valence-electron chi connectivity index (χ2n) is 7.63. The summed E-state index contributed by atoms with van der Waals surface area (Å²) in [6, 6.07) is 3.05. The molecule has 2 heterocycles. The zero-order valence-corrected chi connectivity index (χ0v) is 19.7. The summed E-state index contributed by atoms with van der Waals surface area (Å²) >= 11 is 7.45. The summed E-state index contributed by atoms with van der Waals surface area (Å²) in [5.41, 5.74) is 10.4. The van der Waals surface area contributed by atoms with Crippen molar-refractivity contribution in [2.75, 3.05) is 10.7 Å². The number of hydrazine groups is 1. The van der Waals surface area contributed by atoms with Crippen molar-refractivity contribution in [2.24, 2.45) is 5.14 Å². The van der Waals surface area contributed by atoms with Gasteiger partial charge in [0.15, 0.2) is 0 Å². The van der Waals surface area contributed by atoms with Gasteiger partial charge in [-0.05, 0) is 58.4 Å². The number of thioether (sulfide) groups is 1. The van der Waals surface area contributed by atoms with Crippen molar-refractivity contribution in [3.05, 3.63) is 40.3 Å². The highest BCUT2D eigenvalue weighted by Crippen LogP contribution is 2.39. The maximum absolute atomic E-state index is 12.1. The summed E-state index contributed by atoms with van der Waals surface area (Å²) < 4.78 is 24.1. The second-order valence-corrected chi connectivity index (χ2v) is 11.0. The molecule has 1 aliphatic rings. The van der Waals surface area contributed by atoms with Crippen LogP contribution in [0.5, 0.6) is 0 Å². The summed E-state index contributed by atoms with van der Waals surface area (Å²) in [7, 11) is -3.93. The molecule has 1 unspecified atom stereocenters. The Kier molecular flexibility index (Phi) is 5.93. The number of allylic oxidation sites excluding steroid dienone is 1. The molecule has 3 rings (SSSR count). The van der Waals surface area contributed by atoms with Gasteiger partial charge in [0.05, 0.1) is 15.7 Å². The van der Waals surface area contributed by atoms with Gasteiger partial charge in [-0.25, -0.2) is 18.6 Å². The maximum atomic E-state index is 12.1. The van der Waals surface area contributed by atoms with E-state index in [2.05, 4.69) is 26.5 Å².